The molecule has 0 aliphatic heterocycles. The van der Waals surface area contributed by atoms with Crippen molar-refractivity contribution >= 4 is 23.7 Å². The van der Waals surface area contributed by atoms with Crippen molar-refractivity contribution in [1.82, 2.24) is 5.43 Å². The van der Waals surface area contributed by atoms with E-state index < -0.39 is 23.6 Å². The highest BCUT2D eigenvalue weighted by molar-refractivity contribution is 5.96. The van der Waals surface area contributed by atoms with Crippen LogP contribution in [0.3, 0.4) is 0 Å². The summed E-state index contributed by atoms with van der Waals surface area (Å²) in [5.74, 6) is -1.78. The van der Waals surface area contributed by atoms with E-state index in [-0.39, 0.29) is 45.9 Å². The number of hydrogen-bond acceptors (Lipinski definition) is 6. The van der Waals surface area contributed by atoms with Crippen LogP contribution in [-0.2, 0) is 17.4 Å². The van der Waals surface area contributed by atoms with E-state index in [4.69, 9.17) is 5.26 Å². The molecule has 0 fully saturated rings. The molecule has 2 amide bonds. The molecule has 0 bridgehead atoms. The van der Waals surface area contributed by atoms with Gasteiger partial charge in [0.1, 0.15) is 17.6 Å². The first-order chi connectivity index (χ1) is 16.6. The highest BCUT2D eigenvalue weighted by Crippen LogP contribution is 2.29. The number of nitrogens with zero attached hydrogens (tertiary/aromatic N) is 2. The topological polar surface area (TPSA) is 135 Å². The number of carbonyl (C=O) groups excluding carboxylic acids is 2. The number of hydrazone groups is 1. The number of phenols is 2. The summed E-state index contributed by atoms with van der Waals surface area (Å²) in [6.07, 6.45) is -3.67. The van der Waals surface area contributed by atoms with Gasteiger partial charge in [0, 0.05) is 22.9 Å². The molecule has 0 unspecified atom stereocenters. The van der Waals surface area contributed by atoms with E-state index in [1.807, 2.05) is 0 Å². The van der Waals surface area contributed by atoms with Crippen LogP contribution in [0.1, 0.15) is 32.6 Å². The summed E-state index contributed by atoms with van der Waals surface area (Å²) in [5, 5.41) is 34.8. The fourth-order valence-electron chi connectivity index (χ4n) is 2.97. The van der Waals surface area contributed by atoms with Crippen LogP contribution in [0.5, 0.6) is 11.5 Å². The second kappa shape index (κ2) is 10.4. The van der Waals surface area contributed by atoms with Crippen molar-refractivity contribution in [1.29, 1.82) is 5.26 Å². The number of nitrogens with one attached hydrogen (secondary N) is 2. The zero-order valence-corrected chi connectivity index (χ0v) is 17.8. The lowest BCUT2D eigenvalue weighted by Gasteiger charge is -2.10. The maximum atomic E-state index is 12.8. The van der Waals surface area contributed by atoms with E-state index in [9.17, 15) is 33.0 Å². The summed E-state index contributed by atoms with van der Waals surface area (Å²) >= 11 is 0. The van der Waals surface area contributed by atoms with Gasteiger partial charge in [0.25, 0.3) is 5.91 Å². The van der Waals surface area contributed by atoms with Gasteiger partial charge in [-0.25, -0.2) is 5.43 Å². The third-order valence-electron chi connectivity index (χ3n) is 4.68. The Hall–Kier alpha value is -4.85. The molecule has 0 radical (unpaired) electrons. The number of amides is 2. The fourth-order valence-corrected chi connectivity index (χ4v) is 2.97. The standard InChI is InChI=1S/C24H17F3N4O4/c25-24(26,27)18-3-1-2-14(8-18)9-22(34)30-19-6-4-16(21(33)11-19)13-29-31-23(35)15-5-7-20(32)17(10-15)12-28/h1-8,10-11,13,32-33H,9H2,(H,30,34)(H,31,35)/b29-13+. The molecule has 3 rings (SSSR count). The van der Waals surface area contributed by atoms with Crippen LogP contribution in [-0.4, -0.2) is 28.2 Å². The Morgan fingerprint density at radius 2 is 1.80 bits per heavy atom. The summed E-state index contributed by atoms with van der Waals surface area (Å²) in [6, 6.07) is 13.9. The third kappa shape index (κ3) is 6.58. The number of rotatable bonds is 6. The van der Waals surface area contributed by atoms with Gasteiger partial charge in [0.05, 0.1) is 23.8 Å². The molecule has 178 valence electrons. The minimum absolute atomic E-state index is 0.0787. The number of aromatic hydroxyl groups is 2. The molecular formula is C24H17F3N4O4. The van der Waals surface area contributed by atoms with Gasteiger partial charge in [0.2, 0.25) is 5.91 Å². The predicted octanol–water partition coefficient (Wildman–Crippen LogP) is 3.93. The average molecular weight is 482 g/mol. The summed E-state index contributed by atoms with van der Waals surface area (Å²) in [4.78, 5) is 24.3. The van der Waals surface area contributed by atoms with Gasteiger partial charge in [-0.1, -0.05) is 18.2 Å². The smallest absolute Gasteiger partial charge is 0.416 e. The van der Waals surface area contributed by atoms with Crippen LogP contribution in [0.2, 0.25) is 0 Å². The fraction of sp³-hybridized carbons (Fsp3) is 0.0833. The maximum absolute atomic E-state index is 12.8. The minimum Gasteiger partial charge on any atom is -0.507 e. The van der Waals surface area contributed by atoms with Gasteiger partial charge in [-0.15, -0.1) is 0 Å². The van der Waals surface area contributed by atoms with E-state index in [0.717, 1.165) is 18.3 Å². The Bertz CT molecular complexity index is 1350. The van der Waals surface area contributed by atoms with Crippen molar-refractivity contribution < 1.29 is 33.0 Å². The second-order valence-corrected chi connectivity index (χ2v) is 7.24. The second-order valence-electron chi connectivity index (χ2n) is 7.24. The number of anilines is 1. The van der Waals surface area contributed by atoms with Crippen molar-refractivity contribution in [2.24, 2.45) is 5.10 Å². The first kappa shape index (κ1) is 24.8. The number of alkyl halides is 3. The number of carbonyl (C=O) groups is 2. The first-order valence-corrected chi connectivity index (χ1v) is 9.92. The molecule has 0 aromatic heterocycles. The Labute approximate surface area is 197 Å². The number of nitriles is 1. The van der Waals surface area contributed by atoms with E-state index in [1.54, 1.807) is 6.07 Å². The number of hydrogen-bond donors (Lipinski definition) is 4. The summed E-state index contributed by atoms with van der Waals surface area (Å²) < 4.78 is 38.4. The molecule has 4 N–H and O–H groups in total. The number of halogens is 3. The number of phenolic OH excluding ortho intramolecular Hbond substituents is 2. The molecule has 0 heterocycles. The van der Waals surface area contributed by atoms with E-state index in [1.165, 1.54) is 48.5 Å². The van der Waals surface area contributed by atoms with Crippen molar-refractivity contribution in [3.63, 3.8) is 0 Å². The van der Waals surface area contributed by atoms with Crippen LogP contribution in [0, 0.1) is 11.3 Å². The summed E-state index contributed by atoms with van der Waals surface area (Å²) in [6.45, 7) is 0. The lowest BCUT2D eigenvalue weighted by Crippen LogP contribution is -2.17. The molecular weight excluding hydrogens is 465 g/mol. The monoisotopic (exact) mass is 482 g/mol. The normalized spacial score (nSPS) is 11.1. The van der Waals surface area contributed by atoms with Crippen LogP contribution in [0.25, 0.3) is 0 Å². The molecule has 3 aromatic rings. The molecule has 35 heavy (non-hydrogen) atoms. The lowest BCUT2D eigenvalue weighted by atomic mass is 10.1. The van der Waals surface area contributed by atoms with Crippen LogP contribution in [0.15, 0.2) is 65.8 Å². The molecule has 3 aromatic carbocycles. The van der Waals surface area contributed by atoms with Gasteiger partial charge in [-0.2, -0.15) is 23.5 Å². The highest BCUT2D eigenvalue weighted by Gasteiger charge is 2.30. The third-order valence-corrected chi connectivity index (χ3v) is 4.68. The van der Waals surface area contributed by atoms with Gasteiger partial charge < -0.3 is 15.5 Å². The lowest BCUT2D eigenvalue weighted by molar-refractivity contribution is -0.137. The van der Waals surface area contributed by atoms with E-state index in [2.05, 4.69) is 15.8 Å². The van der Waals surface area contributed by atoms with Crippen molar-refractivity contribution in [3.8, 4) is 17.6 Å². The van der Waals surface area contributed by atoms with Crippen molar-refractivity contribution in [2.45, 2.75) is 12.6 Å². The van der Waals surface area contributed by atoms with Crippen LogP contribution in [0.4, 0.5) is 18.9 Å². The van der Waals surface area contributed by atoms with Gasteiger partial charge >= 0.3 is 6.18 Å². The maximum Gasteiger partial charge on any atom is 0.416 e. The Kier molecular flexibility index (Phi) is 7.36. The largest absolute Gasteiger partial charge is 0.507 e. The molecule has 0 aliphatic rings. The quantitative estimate of drug-likeness (QED) is 0.312. The van der Waals surface area contributed by atoms with Crippen molar-refractivity contribution in [3.05, 3.63) is 88.5 Å². The molecule has 11 heteroatoms. The molecule has 0 saturated carbocycles. The van der Waals surface area contributed by atoms with Gasteiger partial charge in [0.15, 0.2) is 0 Å². The molecule has 0 spiro atoms. The summed E-state index contributed by atoms with van der Waals surface area (Å²) in [7, 11) is 0. The summed E-state index contributed by atoms with van der Waals surface area (Å²) in [5.41, 5.74) is 1.94. The Morgan fingerprint density at radius 1 is 1.03 bits per heavy atom. The Morgan fingerprint density at radius 3 is 2.49 bits per heavy atom. The van der Waals surface area contributed by atoms with Crippen LogP contribution < -0.4 is 10.7 Å². The molecule has 0 saturated heterocycles. The van der Waals surface area contributed by atoms with Gasteiger partial charge in [-0.3, -0.25) is 9.59 Å². The molecule has 0 aliphatic carbocycles. The van der Waals surface area contributed by atoms with E-state index >= 15 is 0 Å². The zero-order chi connectivity index (χ0) is 25.6. The zero-order valence-electron chi connectivity index (χ0n) is 17.8. The molecule has 0 atom stereocenters. The highest BCUT2D eigenvalue weighted by atomic mass is 19.4. The average Bonchev–Trinajstić information content (AvgIpc) is 2.80. The SMILES string of the molecule is N#Cc1cc(C(=O)N/N=C/c2ccc(NC(=O)Cc3cccc(C(F)(F)F)c3)cc2O)ccc1O. The first-order valence-electron chi connectivity index (χ1n) is 9.92. The number of benzene rings is 3. The molecule has 8 nitrogen and oxygen atoms in total. The van der Waals surface area contributed by atoms with Crippen molar-refractivity contribution in [2.75, 3.05) is 5.32 Å². The minimum atomic E-state index is -4.52. The predicted molar refractivity (Wildman–Crippen MR) is 120 cm³/mol. The van der Waals surface area contributed by atoms with Gasteiger partial charge in [-0.05, 0) is 42.0 Å². The van der Waals surface area contributed by atoms with Crippen LogP contribution >= 0.6 is 0 Å². The van der Waals surface area contributed by atoms with E-state index in [0.29, 0.717) is 0 Å². The Balaban J connectivity index is 1.60.